The summed E-state index contributed by atoms with van der Waals surface area (Å²) in [6, 6.07) is 10.2. The first-order valence-corrected chi connectivity index (χ1v) is 11.7. The van der Waals surface area contributed by atoms with Gasteiger partial charge in [-0.1, -0.05) is 32.0 Å². The molecule has 0 unspecified atom stereocenters. The summed E-state index contributed by atoms with van der Waals surface area (Å²) < 4.78 is 51.1. The highest BCUT2D eigenvalue weighted by atomic mass is 32.2. The standard InChI is InChI=1S/C16H21NO4S3/c1-12(2)13-6-8-14(9-7-13)24(20,21)16(11-17-23(3,18)19)15-5-4-10-22-15/h4-10,12,16-17H,11H2,1-3H3/t16-/m1/s1. The lowest BCUT2D eigenvalue weighted by Gasteiger charge is -2.17. The molecule has 132 valence electrons. The summed E-state index contributed by atoms with van der Waals surface area (Å²) in [4.78, 5) is 0.805. The molecule has 0 amide bonds. The third-order valence-corrected chi connectivity index (χ3v) is 7.57. The second kappa shape index (κ2) is 7.35. The average Bonchev–Trinajstić information content (AvgIpc) is 3.00. The lowest BCUT2D eigenvalue weighted by Crippen LogP contribution is -2.30. The molecule has 1 aromatic carbocycles. The van der Waals surface area contributed by atoms with Crippen molar-refractivity contribution in [1.29, 1.82) is 0 Å². The number of nitrogens with one attached hydrogen (secondary N) is 1. The Balaban J connectivity index is 2.39. The Bertz CT molecular complexity index is 868. The van der Waals surface area contributed by atoms with Crippen LogP contribution in [0.25, 0.3) is 0 Å². The Labute approximate surface area is 147 Å². The normalized spacial score (nSPS) is 14.0. The summed E-state index contributed by atoms with van der Waals surface area (Å²) in [5, 5.41) is 0.831. The summed E-state index contributed by atoms with van der Waals surface area (Å²) in [7, 11) is -7.19. The van der Waals surface area contributed by atoms with Crippen LogP contribution in [0.5, 0.6) is 0 Å². The topological polar surface area (TPSA) is 80.3 Å². The summed E-state index contributed by atoms with van der Waals surface area (Å²) in [5.74, 6) is 0.307. The summed E-state index contributed by atoms with van der Waals surface area (Å²) in [5.41, 5.74) is 1.05. The van der Waals surface area contributed by atoms with Crippen LogP contribution in [0.2, 0.25) is 0 Å². The number of hydrogen-bond acceptors (Lipinski definition) is 5. The van der Waals surface area contributed by atoms with Gasteiger partial charge in [0.2, 0.25) is 10.0 Å². The van der Waals surface area contributed by atoms with E-state index in [9.17, 15) is 16.8 Å². The van der Waals surface area contributed by atoms with Crippen molar-refractivity contribution in [3.8, 4) is 0 Å². The first kappa shape index (κ1) is 19.1. The zero-order valence-electron chi connectivity index (χ0n) is 13.8. The molecule has 2 rings (SSSR count). The van der Waals surface area contributed by atoms with Crippen molar-refractivity contribution >= 4 is 31.2 Å². The fourth-order valence-electron chi connectivity index (χ4n) is 2.27. The molecule has 24 heavy (non-hydrogen) atoms. The Morgan fingerprint density at radius 1 is 1.04 bits per heavy atom. The van der Waals surface area contributed by atoms with Crippen LogP contribution >= 0.6 is 11.3 Å². The maximum absolute atomic E-state index is 13.0. The molecule has 2 aromatic rings. The van der Waals surface area contributed by atoms with Crippen LogP contribution < -0.4 is 4.72 Å². The van der Waals surface area contributed by atoms with Gasteiger partial charge in [0.05, 0.1) is 11.2 Å². The molecule has 0 radical (unpaired) electrons. The minimum absolute atomic E-state index is 0.187. The molecule has 0 saturated carbocycles. The maximum Gasteiger partial charge on any atom is 0.208 e. The smallest absolute Gasteiger partial charge is 0.208 e. The van der Waals surface area contributed by atoms with E-state index in [1.165, 1.54) is 11.3 Å². The number of thiophene rings is 1. The molecule has 0 saturated heterocycles. The summed E-state index contributed by atoms with van der Waals surface area (Å²) in [6.45, 7) is 3.88. The van der Waals surface area contributed by atoms with Crippen LogP contribution in [0.3, 0.4) is 0 Å². The quantitative estimate of drug-likeness (QED) is 0.792. The third kappa shape index (κ3) is 4.66. The molecule has 0 fully saturated rings. The van der Waals surface area contributed by atoms with E-state index in [1.54, 1.807) is 41.8 Å². The predicted octanol–water partition coefficient (Wildman–Crippen LogP) is 2.94. The Morgan fingerprint density at radius 3 is 2.12 bits per heavy atom. The van der Waals surface area contributed by atoms with Crippen molar-refractivity contribution in [3.63, 3.8) is 0 Å². The van der Waals surface area contributed by atoms with Crippen molar-refractivity contribution < 1.29 is 16.8 Å². The van der Waals surface area contributed by atoms with Gasteiger partial charge in [-0.05, 0) is 35.1 Å². The van der Waals surface area contributed by atoms with Crippen molar-refractivity contribution in [2.24, 2.45) is 0 Å². The minimum Gasteiger partial charge on any atom is -0.223 e. The lowest BCUT2D eigenvalue weighted by molar-refractivity contribution is 0.572. The van der Waals surface area contributed by atoms with Crippen LogP contribution in [0.15, 0.2) is 46.7 Å². The minimum atomic E-state index is -3.71. The van der Waals surface area contributed by atoms with E-state index < -0.39 is 25.1 Å². The molecule has 8 heteroatoms. The molecule has 0 bridgehead atoms. The van der Waals surface area contributed by atoms with Crippen LogP contribution in [-0.2, 0) is 19.9 Å². The largest absolute Gasteiger partial charge is 0.223 e. The van der Waals surface area contributed by atoms with E-state index in [4.69, 9.17) is 0 Å². The van der Waals surface area contributed by atoms with E-state index in [-0.39, 0.29) is 11.4 Å². The SMILES string of the molecule is CC(C)c1ccc(S(=O)(=O)[C@H](CNS(C)(=O)=O)c2cccs2)cc1. The third-order valence-electron chi connectivity index (χ3n) is 3.64. The predicted molar refractivity (Wildman–Crippen MR) is 97.6 cm³/mol. The van der Waals surface area contributed by atoms with Gasteiger partial charge in [-0.25, -0.2) is 21.6 Å². The number of sulfone groups is 1. The maximum atomic E-state index is 13.0. The van der Waals surface area contributed by atoms with Crippen LogP contribution in [-0.4, -0.2) is 29.6 Å². The van der Waals surface area contributed by atoms with Gasteiger partial charge in [-0.2, -0.15) is 0 Å². The molecule has 1 aromatic heterocycles. The molecule has 1 atom stereocenters. The average molecular weight is 388 g/mol. The molecular formula is C16H21NO4S3. The first-order chi connectivity index (χ1) is 11.1. The van der Waals surface area contributed by atoms with E-state index in [2.05, 4.69) is 4.72 Å². The molecular weight excluding hydrogens is 366 g/mol. The highest BCUT2D eigenvalue weighted by Crippen LogP contribution is 2.32. The molecule has 1 N–H and O–H groups in total. The molecule has 0 spiro atoms. The Morgan fingerprint density at radius 2 is 1.67 bits per heavy atom. The fourth-order valence-corrected chi connectivity index (χ4v) is 5.63. The van der Waals surface area contributed by atoms with Gasteiger partial charge >= 0.3 is 0 Å². The molecule has 0 aliphatic rings. The second-order valence-electron chi connectivity index (χ2n) is 5.89. The van der Waals surface area contributed by atoms with Crippen molar-refractivity contribution in [1.82, 2.24) is 4.72 Å². The van der Waals surface area contributed by atoms with Crippen LogP contribution in [0.4, 0.5) is 0 Å². The van der Waals surface area contributed by atoms with Gasteiger partial charge in [0.25, 0.3) is 0 Å². The van der Waals surface area contributed by atoms with E-state index in [1.807, 2.05) is 13.8 Å². The van der Waals surface area contributed by atoms with Crippen LogP contribution in [0.1, 0.15) is 35.5 Å². The van der Waals surface area contributed by atoms with E-state index in [0.717, 1.165) is 11.8 Å². The monoisotopic (exact) mass is 387 g/mol. The van der Waals surface area contributed by atoms with Crippen LogP contribution in [0, 0.1) is 0 Å². The van der Waals surface area contributed by atoms with Gasteiger partial charge in [0.1, 0.15) is 5.25 Å². The molecule has 5 nitrogen and oxygen atoms in total. The van der Waals surface area contributed by atoms with Crippen molar-refractivity contribution in [2.75, 3.05) is 12.8 Å². The van der Waals surface area contributed by atoms with Gasteiger partial charge in [0.15, 0.2) is 9.84 Å². The molecule has 0 aliphatic carbocycles. The van der Waals surface area contributed by atoms with Crippen molar-refractivity contribution in [2.45, 2.75) is 29.9 Å². The zero-order valence-corrected chi connectivity index (χ0v) is 16.2. The van der Waals surface area contributed by atoms with Gasteiger partial charge in [-0.15, -0.1) is 11.3 Å². The lowest BCUT2D eigenvalue weighted by atomic mass is 10.0. The highest BCUT2D eigenvalue weighted by Gasteiger charge is 2.30. The van der Waals surface area contributed by atoms with Crippen molar-refractivity contribution in [3.05, 3.63) is 52.2 Å². The molecule has 0 aliphatic heterocycles. The van der Waals surface area contributed by atoms with Gasteiger partial charge < -0.3 is 0 Å². The highest BCUT2D eigenvalue weighted by molar-refractivity contribution is 7.92. The first-order valence-electron chi connectivity index (χ1n) is 7.43. The summed E-state index contributed by atoms with van der Waals surface area (Å²) in [6.07, 6.45) is 1.02. The number of rotatable bonds is 7. The zero-order chi connectivity index (χ0) is 18.0. The fraction of sp³-hybridized carbons (Fsp3) is 0.375. The van der Waals surface area contributed by atoms with E-state index >= 15 is 0 Å². The van der Waals surface area contributed by atoms with Gasteiger partial charge in [0, 0.05) is 11.4 Å². The Hall–Kier alpha value is -1.22. The van der Waals surface area contributed by atoms with Gasteiger partial charge in [-0.3, -0.25) is 0 Å². The summed E-state index contributed by atoms with van der Waals surface area (Å²) >= 11 is 1.30. The molecule has 1 heterocycles. The Kier molecular flexibility index (Phi) is 5.85. The van der Waals surface area contributed by atoms with E-state index in [0.29, 0.717) is 10.8 Å². The number of sulfonamides is 1. The number of benzene rings is 1. The second-order valence-corrected chi connectivity index (χ2v) is 10.8. The number of hydrogen-bond donors (Lipinski definition) is 1.